The van der Waals surface area contributed by atoms with E-state index >= 15 is 0 Å². The molecule has 1 aliphatic heterocycles. The molecule has 0 amide bonds. The molecule has 0 spiro atoms. The van der Waals surface area contributed by atoms with Crippen molar-refractivity contribution in [3.63, 3.8) is 0 Å². The van der Waals surface area contributed by atoms with E-state index in [-0.39, 0.29) is 12.6 Å². The van der Waals surface area contributed by atoms with Gasteiger partial charge in [0.2, 0.25) is 0 Å². The summed E-state index contributed by atoms with van der Waals surface area (Å²) in [5.74, 6) is 1.98. The van der Waals surface area contributed by atoms with E-state index in [1.165, 1.54) is 0 Å². The Hall–Kier alpha value is -2.51. The fourth-order valence-electron chi connectivity index (χ4n) is 3.12. The van der Waals surface area contributed by atoms with Crippen LogP contribution in [0.15, 0.2) is 46.0 Å². The monoisotopic (exact) mass is 401 g/mol. The van der Waals surface area contributed by atoms with Crippen molar-refractivity contribution in [2.75, 3.05) is 26.3 Å². The molecule has 2 unspecified atom stereocenters. The number of hydrogen-bond acceptors (Lipinski definition) is 5. The van der Waals surface area contributed by atoms with Gasteiger partial charge in [-0.3, -0.25) is 0 Å². The quantitative estimate of drug-likeness (QED) is 0.466. The van der Waals surface area contributed by atoms with Crippen molar-refractivity contribution in [1.29, 1.82) is 0 Å². The molecule has 0 radical (unpaired) electrons. The molecule has 2 heterocycles. The summed E-state index contributed by atoms with van der Waals surface area (Å²) in [7, 11) is 0. The molecule has 0 saturated carbocycles. The molecule has 1 saturated heterocycles. The van der Waals surface area contributed by atoms with Crippen molar-refractivity contribution >= 4 is 5.96 Å². The zero-order valence-corrected chi connectivity index (χ0v) is 17.4. The Bertz CT molecular complexity index is 796. The van der Waals surface area contributed by atoms with Crippen LogP contribution >= 0.6 is 0 Å². The molecular formula is C22H31N3O4. The lowest BCUT2D eigenvalue weighted by atomic mass is 10.0. The second-order valence-electron chi connectivity index (χ2n) is 7.51. The maximum atomic E-state index is 10.6. The van der Waals surface area contributed by atoms with E-state index in [9.17, 15) is 5.11 Å². The number of hydrogen-bond donors (Lipinski definition) is 3. The van der Waals surface area contributed by atoms with Gasteiger partial charge in [0.15, 0.2) is 5.96 Å². The van der Waals surface area contributed by atoms with Gasteiger partial charge in [-0.1, -0.05) is 12.1 Å². The lowest BCUT2D eigenvalue weighted by Crippen LogP contribution is -2.44. The van der Waals surface area contributed by atoms with Crippen LogP contribution in [-0.4, -0.2) is 43.5 Å². The summed E-state index contributed by atoms with van der Waals surface area (Å²) >= 11 is 0. The van der Waals surface area contributed by atoms with Crippen LogP contribution in [0.25, 0.3) is 0 Å². The lowest BCUT2D eigenvalue weighted by molar-refractivity contribution is 0.0386. The number of ether oxygens (including phenoxy) is 2. The molecule has 7 nitrogen and oxygen atoms in total. The molecule has 2 atom stereocenters. The molecule has 1 aromatic heterocycles. The Morgan fingerprint density at radius 2 is 2.21 bits per heavy atom. The Labute approximate surface area is 172 Å². The third kappa shape index (κ3) is 5.98. The molecule has 29 heavy (non-hydrogen) atoms. The third-order valence-corrected chi connectivity index (χ3v) is 4.81. The summed E-state index contributed by atoms with van der Waals surface area (Å²) in [6.45, 7) is 8.57. The second kappa shape index (κ2) is 9.80. The molecule has 1 aliphatic rings. The van der Waals surface area contributed by atoms with Crippen LogP contribution in [0.1, 0.15) is 37.2 Å². The van der Waals surface area contributed by atoms with Crippen molar-refractivity contribution in [2.24, 2.45) is 4.99 Å². The minimum atomic E-state index is -1.14. The van der Waals surface area contributed by atoms with E-state index in [2.05, 4.69) is 21.7 Å². The number of benzene rings is 1. The first-order valence-corrected chi connectivity index (χ1v) is 10.1. The molecule has 3 rings (SSSR count). The van der Waals surface area contributed by atoms with Gasteiger partial charge in [0.25, 0.3) is 0 Å². The first-order chi connectivity index (χ1) is 14.0. The van der Waals surface area contributed by atoms with Gasteiger partial charge in [-0.15, -0.1) is 0 Å². The predicted octanol–water partition coefficient (Wildman–Crippen LogP) is 2.72. The van der Waals surface area contributed by atoms with Crippen LogP contribution in [0.3, 0.4) is 0 Å². The van der Waals surface area contributed by atoms with Gasteiger partial charge in [-0.05, 0) is 44.5 Å². The third-order valence-electron chi connectivity index (χ3n) is 4.81. The van der Waals surface area contributed by atoms with Gasteiger partial charge in [0, 0.05) is 18.5 Å². The Morgan fingerprint density at radius 1 is 1.34 bits per heavy atom. The van der Waals surface area contributed by atoms with E-state index in [1.807, 2.05) is 26.0 Å². The van der Waals surface area contributed by atoms with Gasteiger partial charge in [0.1, 0.15) is 23.2 Å². The minimum absolute atomic E-state index is 0.0919. The number of rotatable bonds is 8. The summed E-state index contributed by atoms with van der Waals surface area (Å²) in [5, 5.41) is 17.0. The molecular weight excluding hydrogens is 370 g/mol. The van der Waals surface area contributed by atoms with E-state index in [1.54, 1.807) is 25.3 Å². The first-order valence-electron chi connectivity index (χ1n) is 10.1. The summed E-state index contributed by atoms with van der Waals surface area (Å²) in [4.78, 5) is 4.67. The van der Waals surface area contributed by atoms with Gasteiger partial charge in [0.05, 0.1) is 32.6 Å². The molecule has 0 bridgehead atoms. The molecule has 3 N–H and O–H groups in total. The highest BCUT2D eigenvalue weighted by Gasteiger charge is 2.26. The second-order valence-corrected chi connectivity index (χ2v) is 7.51. The fraction of sp³-hybridized carbons (Fsp3) is 0.500. The normalized spacial score (nSPS) is 19.0. The number of aryl methyl sites for hydroxylation is 1. The molecule has 2 aromatic rings. The van der Waals surface area contributed by atoms with Gasteiger partial charge in [-0.25, -0.2) is 4.99 Å². The van der Waals surface area contributed by atoms with Crippen LogP contribution < -0.4 is 15.4 Å². The van der Waals surface area contributed by atoms with E-state index in [0.717, 1.165) is 29.9 Å². The van der Waals surface area contributed by atoms with Gasteiger partial charge in [-0.2, -0.15) is 0 Å². The molecule has 158 valence electrons. The van der Waals surface area contributed by atoms with Gasteiger partial charge >= 0.3 is 0 Å². The highest BCUT2D eigenvalue weighted by molar-refractivity contribution is 5.79. The van der Waals surface area contributed by atoms with Crippen molar-refractivity contribution in [3.8, 4) is 5.75 Å². The largest absolute Gasteiger partial charge is 0.488 e. The van der Waals surface area contributed by atoms with E-state index in [4.69, 9.17) is 13.9 Å². The topological polar surface area (TPSA) is 88.3 Å². The molecule has 1 fully saturated rings. The number of nitrogens with one attached hydrogen (secondary N) is 2. The SMILES string of the molecule is CCNC(=NCc1ccc(C)cc1OC1CCOC1)NCC(C)(O)c1ccco1. The van der Waals surface area contributed by atoms with Crippen LogP contribution in [0, 0.1) is 6.92 Å². The fourth-order valence-corrected chi connectivity index (χ4v) is 3.12. The highest BCUT2D eigenvalue weighted by atomic mass is 16.5. The number of furan rings is 1. The Morgan fingerprint density at radius 3 is 2.90 bits per heavy atom. The van der Waals surface area contributed by atoms with Crippen LogP contribution in [0.2, 0.25) is 0 Å². The standard InChI is InChI=1S/C22H31N3O4/c1-4-23-21(25-15-22(3,26)20-6-5-10-28-20)24-13-17-8-7-16(2)12-19(17)29-18-9-11-27-14-18/h5-8,10,12,18,26H,4,9,11,13-15H2,1-3H3,(H2,23,24,25). The number of guanidine groups is 1. The maximum Gasteiger partial charge on any atom is 0.191 e. The number of nitrogens with zero attached hydrogens (tertiary/aromatic N) is 1. The van der Waals surface area contributed by atoms with Crippen LogP contribution in [-0.2, 0) is 16.9 Å². The molecule has 1 aromatic carbocycles. The number of aliphatic hydroxyl groups is 1. The predicted molar refractivity (Wildman–Crippen MR) is 112 cm³/mol. The van der Waals surface area contributed by atoms with Crippen LogP contribution in [0.4, 0.5) is 0 Å². The van der Waals surface area contributed by atoms with E-state index < -0.39 is 5.60 Å². The average Bonchev–Trinajstić information content (AvgIpc) is 3.39. The molecule has 0 aliphatic carbocycles. The zero-order valence-electron chi connectivity index (χ0n) is 17.4. The Kier molecular flexibility index (Phi) is 7.17. The van der Waals surface area contributed by atoms with Gasteiger partial charge < -0.3 is 29.6 Å². The summed E-state index contributed by atoms with van der Waals surface area (Å²) < 4.78 is 16.9. The average molecular weight is 402 g/mol. The summed E-state index contributed by atoms with van der Waals surface area (Å²) in [6, 6.07) is 9.68. The maximum absolute atomic E-state index is 10.6. The van der Waals surface area contributed by atoms with Crippen molar-refractivity contribution in [3.05, 3.63) is 53.5 Å². The Balaban J connectivity index is 1.68. The summed E-state index contributed by atoms with van der Waals surface area (Å²) in [5.41, 5.74) is 1.02. The minimum Gasteiger partial charge on any atom is -0.488 e. The highest BCUT2D eigenvalue weighted by Crippen LogP contribution is 2.25. The van der Waals surface area contributed by atoms with Crippen molar-refractivity contribution in [2.45, 2.75) is 45.4 Å². The zero-order chi connectivity index (χ0) is 20.7. The first kappa shape index (κ1) is 21.2. The van der Waals surface area contributed by atoms with Crippen molar-refractivity contribution in [1.82, 2.24) is 10.6 Å². The smallest absolute Gasteiger partial charge is 0.191 e. The van der Waals surface area contributed by atoms with E-state index in [0.29, 0.717) is 31.4 Å². The van der Waals surface area contributed by atoms with Crippen molar-refractivity contribution < 1.29 is 19.0 Å². The van der Waals surface area contributed by atoms with Crippen LogP contribution in [0.5, 0.6) is 5.75 Å². The molecule has 7 heteroatoms. The lowest BCUT2D eigenvalue weighted by Gasteiger charge is -2.23. The summed E-state index contributed by atoms with van der Waals surface area (Å²) in [6.07, 6.45) is 2.55. The number of aliphatic imine (C=N–C) groups is 1.